The van der Waals surface area contributed by atoms with Crippen LogP contribution in [0.1, 0.15) is 52.0 Å². The molecular formula is C26H29N3O6. The van der Waals surface area contributed by atoms with E-state index in [-0.39, 0.29) is 24.0 Å². The number of nitrogens with one attached hydrogen (secondary N) is 2. The van der Waals surface area contributed by atoms with Gasteiger partial charge in [-0.2, -0.15) is 0 Å². The van der Waals surface area contributed by atoms with E-state index in [4.69, 9.17) is 9.47 Å². The fourth-order valence-electron chi connectivity index (χ4n) is 4.19. The lowest BCUT2D eigenvalue weighted by atomic mass is 10.0. The van der Waals surface area contributed by atoms with Gasteiger partial charge in [0.05, 0.1) is 17.7 Å². The number of carbonyl (C=O) groups excluding carboxylic acids is 4. The van der Waals surface area contributed by atoms with Crippen molar-refractivity contribution >= 4 is 29.3 Å². The molecule has 2 N–H and O–H groups in total. The molecule has 1 atom stereocenters. The molecule has 9 nitrogen and oxygen atoms in total. The minimum atomic E-state index is -0.974. The van der Waals surface area contributed by atoms with E-state index in [0.717, 1.165) is 16.9 Å². The van der Waals surface area contributed by atoms with Crippen LogP contribution in [0.5, 0.6) is 0 Å². The van der Waals surface area contributed by atoms with Gasteiger partial charge in [0.2, 0.25) is 11.8 Å². The number of hydrogen-bond donors (Lipinski definition) is 2. The smallest absolute Gasteiger partial charge is 0.264 e. The van der Waals surface area contributed by atoms with Gasteiger partial charge in [0.15, 0.2) is 0 Å². The Morgan fingerprint density at radius 2 is 1.66 bits per heavy atom. The molecule has 1 fully saturated rings. The van der Waals surface area contributed by atoms with Crippen LogP contribution in [0.25, 0.3) is 0 Å². The van der Waals surface area contributed by atoms with Gasteiger partial charge < -0.3 is 14.8 Å². The van der Waals surface area contributed by atoms with E-state index >= 15 is 0 Å². The summed E-state index contributed by atoms with van der Waals surface area (Å²) >= 11 is 0. The number of fused-ring (bicyclic) bond motifs is 1. The van der Waals surface area contributed by atoms with Crippen LogP contribution in [0.2, 0.25) is 0 Å². The maximum atomic E-state index is 13.1. The lowest BCUT2D eigenvalue weighted by Crippen LogP contribution is -2.54. The third-order valence-corrected chi connectivity index (χ3v) is 5.94. The molecule has 1 saturated heterocycles. The summed E-state index contributed by atoms with van der Waals surface area (Å²) in [5.74, 6) is -2.05. The van der Waals surface area contributed by atoms with E-state index in [1.807, 2.05) is 30.3 Å². The van der Waals surface area contributed by atoms with Gasteiger partial charge in [-0.15, -0.1) is 0 Å². The predicted octanol–water partition coefficient (Wildman–Crippen LogP) is 2.51. The highest BCUT2D eigenvalue weighted by atomic mass is 16.5. The van der Waals surface area contributed by atoms with E-state index in [2.05, 4.69) is 10.6 Å². The van der Waals surface area contributed by atoms with Crippen molar-refractivity contribution < 1.29 is 28.7 Å². The van der Waals surface area contributed by atoms with Gasteiger partial charge in [-0.05, 0) is 37.0 Å². The molecule has 4 amide bonds. The second-order valence-corrected chi connectivity index (χ2v) is 8.46. The van der Waals surface area contributed by atoms with E-state index in [1.165, 1.54) is 0 Å². The first-order valence-corrected chi connectivity index (χ1v) is 11.8. The molecule has 0 aliphatic carbocycles. The van der Waals surface area contributed by atoms with Crippen LogP contribution < -0.4 is 10.6 Å². The van der Waals surface area contributed by atoms with Crippen LogP contribution in [-0.2, 0) is 25.7 Å². The third kappa shape index (κ3) is 5.93. The number of benzene rings is 2. The topological polar surface area (TPSA) is 114 Å². The number of hydrogen-bond acceptors (Lipinski definition) is 7. The number of imide groups is 2. The lowest BCUT2D eigenvalue weighted by Gasteiger charge is -2.27. The molecule has 2 aromatic carbocycles. The average molecular weight is 480 g/mol. The summed E-state index contributed by atoms with van der Waals surface area (Å²) in [6.45, 7) is 2.93. The molecule has 4 rings (SSSR count). The molecule has 35 heavy (non-hydrogen) atoms. The van der Waals surface area contributed by atoms with E-state index in [1.54, 1.807) is 18.2 Å². The first-order valence-electron chi connectivity index (χ1n) is 11.8. The highest BCUT2D eigenvalue weighted by Crippen LogP contribution is 2.32. The van der Waals surface area contributed by atoms with Gasteiger partial charge in [0.1, 0.15) is 6.04 Å². The number of ether oxygens (including phenoxy) is 2. The molecule has 2 heterocycles. The highest BCUT2D eigenvalue weighted by Gasteiger charge is 2.45. The third-order valence-electron chi connectivity index (χ3n) is 5.94. The summed E-state index contributed by atoms with van der Waals surface area (Å²) in [6, 6.07) is 14.1. The maximum absolute atomic E-state index is 13.1. The Hall–Kier alpha value is -3.56. The minimum Gasteiger partial charge on any atom is -0.384 e. The van der Waals surface area contributed by atoms with Gasteiger partial charge in [-0.25, -0.2) is 0 Å². The molecule has 184 valence electrons. The molecule has 0 saturated carbocycles. The summed E-state index contributed by atoms with van der Waals surface area (Å²) in [5.41, 5.74) is 2.22. The van der Waals surface area contributed by atoms with Crippen LogP contribution >= 0.6 is 0 Å². The van der Waals surface area contributed by atoms with Crippen molar-refractivity contribution in [1.82, 2.24) is 10.2 Å². The maximum Gasteiger partial charge on any atom is 0.264 e. The predicted molar refractivity (Wildman–Crippen MR) is 128 cm³/mol. The first-order chi connectivity index (χ1) is 17.1. The second kappa shape index (κ2) is 11.7. The van der Waals surface area contributed by atoms with Gasteiger partial charge in [0, 0.05) is 38.5 Å². The van der Waals surface area contributed by atoms with Gasteiger partial charge >= 0.3 is 0 Å². The molecule has 0 aromatic heterocycles. The quantitative estimate of drug-likeness (QED) is 0.355. The molecule has 1 unspecified atom stereocenters. The Morgan fingerprint density at radius 3 is 2.46 bits per heavy atom. The largest absolute Gasteiger partial charge is 0.384 e. The molecule has 2 aliphatic heterocycles. The van der Waals surface area contributed by atoms with Crippen LogP contribution in [0.3, 0.4) is 0 Å². The number of rotatable bonds is 12. The second-order valence-electron chi connectivity index (χ2n) is 8.46. The molecule has 2 aromatic rings. The van der Waals surface area contributed by atoms with Crippen molar-refractivity contribution in [2.24, 2.45) is 0 Å². The fourth-order valence-corrected chi connectivity index (χ4v) is 4.19. The Morgan fingerprint density at radius 1 is 0.886 bits per heavy atom. The molecule has 2 aliphatic rings. The van der Waals surface area contributed by atoms with Crippen molar-refractivity contribution in [1.29, 1.82) is 0 Å². The van der Waals surface area contributed by atoms with E-state index in [0.29, 0.717) is 45.1 Å². The zero-order chi connectivity index (χ0) is 24.6. The number of anilines is 1. The lowest BCUT2D eigenvalue weighted by molar-refractivity contribution is -0.136. The Kier molecular flexibility index (Phi) is 8.23. The Balaban J connectivity index is 1.19. The summed E-state index contributed by atoms with van der Waals surface area (Å²) in [6.07, 6.45) is 1.74. The zero-order valence-electron chi connectivity index (χ0n) is 19.5. The molecule has 9 heteroatoms. The summed E-state index contributed by atoms with van der Waals surface area (Å²) in [5, 5.41) is 5.41. The molecule has 0 bridgehead atoms. The summed E-state index contributed by atoms with van der Waals surface area (Å²) in [7, 11) is 0. The number of amides is 4. The van der Waals surface area contributed by atoms with Crippen LogP contribution in [0.15, 0.2) is 48.5 Å². The van der Waals surface area contributed by atoms with Crippen molar-refractivity contribution in [3.05, 3.63) is 65.2 Å². The number of carbonyl (C=O) groups is 4. The van der Waals surface area contributed by atoms with E-state index < -0.39 is 29.7 Å². The van der Waals surface area contributed by atoms with Crippen LogP contribution in [-0.4, -0.2) is 60.9 Å². The summed E-state index contributed by atoms with van der Waals surface area (Å²) in [4.78, 5) is 50.6. The highest BCUT2D eigenvalue weighted by molar-refractivity contribution is 6.25. The Bertz CT molecular complexity index is 1090. The fraction of sp³-hybridized carbons (Fsp3) is 0.385. The van der Waals surface area contributed by atoms with Crippen molar-refractivity contribution in [2.45, 2.75) is 38.3 Å². The Labute approximate surface area is 203 Å². The van der Waals surface area contributed by atoms with Crippen LogP contribution in [0.4, 0.5) is 5.69 Å². The average Bonchev–Trinajstić information content (AvgIpc) is 3.11. The van der Waals surface area contributed by atoms with Gasteiger partial charge in [-0.3, -0.25) is 29.4 Å². The minimum absolute atomic E-state index is 0.0913. The summed E-state index contributed by atoms with van der Waals surface area (Å²) < 4.78 is 11.3. The van der Waals surface area contributed by atoms with Gasteiger partial charge in [-0.1, -0.05) is 36.4 Å². The zero-order valence-corrected chi connectivity index (χ0v) is 19.5. The van der Waals surface area contributed by atoms with Crippen LogP contribution in [0, 0.1) is 0 Å². The molecule has 0 radical (unpaired) electrons. The van der Waals surface area contributed by atoms with Crippen molar-refractivity contribution in [3.8, 4) is 0 Å². The standard InChI is InChI=1S/C26H29N3O6/c30-22-12-11-21(24(31)28-22)29-25(32)19-9-4-10-20(23(19)26(29)33)27-13-5-14-34-15-6-16-35-17-18-7-2-1-3-8-18/h1-4,7-10,21,27H,5-6,11-17H2,(H,28,30,31). The van der Waals surface area contributed by atoms with Crippen molar-refractivity contribution in [3.63, 3.8) is 0 Å². The van der Waals surface area contributed by atoms with Gasteiger partial charge in [0.25, 0.3) is 11.8 Å². The normalized spacial score (nSPS) is 17.5. The first kappa shape index (κ1) is 24.6. The number of piperidine rings is 1. The monoisotopic (exact) mass is 479 g/mol. The van der Waals surface area contributed by atoms with E-state index in [9.17, 15) is 19.2 Å². The molecule has 0 spiro atoms. The SMILES string of the molecule is O=C1CCC(N2C(=O)c3cccc(NCCCOCCCOCc4ccccc4)c3C2=O)C(=O)N1. The number of nitrogens with zero attached hydrogens (tertiary/aromatic N) is 1. The molecular weight excluding hydrogens is 450 g/mol. The van der Waals surface area contributed by atoms with Crippen molar-refractivity contribution in [2.75, 3.05) is 31.7 Å².